The molecule has 114 valence electrons. The highest BCUT2D eigenvalue weighted by atomic mass is 19.1. The van der Waals surface area contributed by atoms with Gasteiger partial charge in [-0.05, 0) is 24.5 Å². The number of esters is 1. The van der Waals surface area contributed by atoms with E-state index in [4.69, 9.17) is 0 Å². The van der Waals surface area contributed by atoms with Crippen LogP contribution < -0.4 is 0 Å². The summed E-state index contributed by atoms with van der Waals surface area (Å²) in [6.45, 7) is 0.892. The first-order valence-electron chi connectivity index (χ1n) is 6.80. The maximum atomic E-state index is 13.5. The van der Waals surface area contributed by atoms with Crippen LogP contribution >= 0.6 is 0 Å². The molecule has 1 fully saturated rings. The summed E-state index contributed by atoms with van der Waals surface area (Å²) in [5.41, 5.74) is 0.177. The molecule has 4 nitrogen and oxygen atoms in total. The smallest absolute Gasteiger partial charge is 0.308 e. The molecule has 1 heterocycles. The van der Waals surface area contributed by atoms with E-state index in [0.29, 0.717) is 25.9 Å². The van der Waals surface area contributed by atoms with Crippen molar-refractivity contribution < 1.29 is 23.1 Å². The third kappa shape index (κ3) is 3.77. The van der Waals surface area contributed by atoms with E-state index >= 15 is 0 Å². The van der Waals surface area contributed by atoms with Crippen molar-refractivity contribution in [1.82, 2.24) is 4.90 Å². The molecule has 0 atom stereocenters. The molecule has 0 unspecified atom stereocenters. The second kappa shape index (κ2) is 6.65. The number of benzene rings is 1. The molecule has 2 rings (SSSR count). The number of amides is 1. The number of carbonyl (C=O) groups is 2. The maximum Gasteiger partial charge on any atom is 0.308 e. The topological polar surface area (TPSA) is 46.6 Å². The first-order chi connectivity index (χ1) is 10.0. The summed E-state index contributed by atoms with van der Waals surface area (Å²) in [4.78, 5) is 25.1. The molecule has 1 aromatic carbocycles. The van der Waals surface area contributed by atoms with Gasteiger partial charge in [0.05, 0.1) is 19.4 Å². The fourth-order valence-electron chi connectivity index (χ4n) is 2.47. The van der Waals surface area contributed by atoms with Crippen LogP contribution in [0.4, 0.5) is 8.78 Å². The van der Waals surface area contributed by atoms with Gasteiger partial charge in [0.25, 0.3) is 0 Å². The van der Waals surface area contributed by atoms with Gasteiger partial charge in [-0.2, -0.15) is 0 Å². The van der Waals surface area contributed by atoms with Crippen LogP contribution in [0.3, 0.4) is 0 Å². The standard InChI is InChI=1S/C15H17F2NO3/c1-21-15(20)10-4-6-18(7-5-10)14(19)8-11-2-3-12(16)9-13(11)17/h2-3,9-10H,4-8H2,1H3. The maximum absolute atomic E-state index is 13.5. The highest BCUT2D eigenvalue weighted by molar-refractivity contribution is 5.79. The number of hydrogen-bond acceptors (Lipinski definition) is 3. The van der Waals surface area contributed by atoms with Crippen molar-refractivity contribution >= 4 is 11.9 Å². The molecule has 0 saturated carbocycles. The van der Waals surface area contributed by atoms with Crippen LogP contribution in [0.2, 0.25) is 0 Å². The van der Waals surface area contributed by atoms with Gasteiger partial charge >= 0.3 is 5.97 Å². The van der Waals surface area contributed by atoms with E-state index in [1.165, 1.54) is 13.2 Å². The first kappa shape index (κ1) is 15.4. The van der Waals surface area contributed by atoms with Crippen molar-refractivity contribution in [3.05, 3.63) is 35.4 Å². The number of nitrogens with zero attached hydrogens (tertiary/aromatic N) is 1. The Morgan fingerprint density at radius 2 is 1.95 bits per heavy atom. The average Bonchev–Trinajstić information content (AvgIpc) is 2.49. The molecule has 0 N–H and O–H groups in total. The van der Waals surface area contributed by atoms with Crippen molar-refractivity contribution in [3.8, 4) is 0 Å². The molecule has 0 radical (unpaired) electrons. The number of carbonyl (C=O) groups excluding carboxylic acids is 2. The van der Waals surface area contributed by atoms with E-state index in [-0.39, 0.29) is 29.8 Å². The molecule has 0 aliphatic carbocycles. The zero-order chi connectivity index (χ0) is 15.4. The van der Waals surface area contributed by atoms with Gasteiger partial charge in [-0.1, -0.05) is 6.07 Å². The molecule has 1 aromatic rings. The van der Waals surface area contributed by atoms with Gasteiger partial charge in [0.1, 0.15) is 11.6 Å². The summed E-state index contributed by atoms with van der Waals surface area (Å²) in [5, 5.41) is 0. The van der Waals surface area contributed by atoms with E-state index in [2.05, 4.69) is 4.74 Å². The molecule has 1 aliphatic rings. The number of halogens is 2. The minimum atomic E-state index is -0.715. The third-order valence-corrected chi connectivity index (χ3v) is 3.74. The van der Waals surface area contributed by atoms with Gasteiger partial charge in [0.2, 0.25) is 5.91 Å². The first-order valence-corrected chi connectivity index (χ1v) is 6.80. The number of likely N-dealkylation sites (tertiary alicyclic amines) is 1. The Kier molecular flexibility index (Phi) is 4.88. The minimum Gasteiger partial charge on any atom is -0.469 e. The van der Waals surface area contributed by atoms with Crippen molar-refractivity contribution in [3.63, 3.8) is 0 Å². The Labute approximate surface area is 121 Å². The largest absolute Gasteiger partial charge is 0.469 e. The Bertz CT molecular complexity index is 540. The van der Waals surface area contributed by atoms with Crippen LogP contribution in [0, 0.1) is 17.6 Å². The number of hydrogen-bond donors (Lipinski definition) is 0. The van der Waals surface area contributed by atoms with Crippen molar-refractivity contribution in [2.75, 3.05) is 20.2 Å². The highest BCUT2D eigenvalue weighted by Gasteiger charge is 2.28. The van der Waals surface area contributed by atoms with E-state index in [0.717, 1.165) is 12.1 Å². The lowest BCUT2D eigenvalue weighted by molar-refractivity contribution is -0.148. The lowest BCUT2D eigenvalue weighted by Gasteiger charge is -2.30. The molecular weight excluding hydrogens is 280 g/mol. The van der Waals surface area contributed by atoms with Crippen LogP contribution in [0.15, 0.2) is 18.2 Å². The molecular formula is C15H17F2NO3. The highest BCUT2D eigenvalue weighted by Crippen LogP contribution is 2.20. The van der Waals surface area contributed by atoms with Gasteiger partial charge in [-0.3, -0.25) is 9.59 Å². The SMILES string of the molecule is COC(=O)C1CCN(C(=O)Cc2ccc(F)cc2F)CC1. The summed E-state index contributed by atoms with van der Waals surface area (Å²) < 4.78 is 31.0. The van der Waals surface area contributed by atoms with E-state index < -0.39 is 11.6 Å². The quantitative estimate of drug-likeness (QED) is 0.801. The lowest BCUT2D eigenvalue weighted by Crippen LogP contribution is -2.41. The van der Waals surface area contributed by atoms with Gasteiger partial charge in [0, 0.05) is 19.2 Å². The Morgan fingerprint density at radius 3 is 2.52 bits per heavy atom. The van der Waals surface area contributed by atoms with Gasteiger partial charge < -0.3 is 9.64 Å². The van der Waals surface area contributed by atoms with E-state index in [1.54, 1.807) is 4.90 Å². The van der Waals surface area contributed by atoms with Crippen LogP contribution in [0.5, 0.6) is 0 Å². The average molecular weight is 297 g/mol. The summed E-state index contributed by atoms with van der Waals surface area (Å²) in [5.74, 6) is -2.03. The Morgan fingerprint density at radius 1 is 1.29 bits per heavy atom. The number of rotatable bonds is 3. The second-order valence-electron chi connectivity index (χ2n) is 5.09. The zero-order valence-corrected chi connectivity index (χ0v) is 11.8. The fourth-order valence-corrected chi connectivity index (χ4v) is 2.47. The lowest BCUT2D eigenvalue weighted by atomic mass is 9.96. The Balaban J connectivity index is 1.92. The van der Waals surface area contributed by atoms with Crippen LogP contribution in [0.25, 0.3) is 0 Å². The summed E-state index contributed by atoms with van der Waals surface area (Å²) in [6, 6.07) is 3.19. The molecule has 21 heavy (non-hydrogen) atoms. The minimum absolute atomic E-state index is 0.102. The normalized spacial score (nSPS) is 15.9. The van der Waals surface area contributed by atoms with Crippen LogP contribution in [0.1, 0.15) is 18.4 Å². The van der Waals surface area contributed by atoms with Crippen molar-refractivity contribution in [2.45, 2.75) is 19.3 Å². The number of piperidine rings is 1. The fraction of sp³-hybridized carbons (Fsp3) is 0.467. The van der Waals surface area contributed by atoms with Gasteiger partial charge in [-0.15, -0.1) is 0 Å². The summed E-state index contributed by atoms with van der Waals surface area (Å²) in [7, 11) is 1.34. The Hall–Kier alpha value is -1.98. The van der Waals surface area contributed by atoms with Crippen LogP contribution in [-0.2, 0) is 20.7 Å². The summed E-state index contributed by atoms with van der Waals surface area (Å²) in [6.07, 6.45) is 0.990. The molecule has 1 saturated heterocycles. The number of ether oxygens (including phenoxy) is 1. The molecule has 0 bridgehead atoms. The van der Waals surface area contributed by atoms with E-state index in [9.17, 15) is 18.4 Å². The zero-order valence-electron chi connectivity index (χ0n) is 11.8. The molecule has 0 spiro atoms. The van der Waals surface area contributed by atoms with Crippen LogP contribution in [-0.4, -0.2) is 37.0 Å². The second-order valence-corrected chi connectivity index (χ2v) is 5.09. The third-order valence-electron chi connectivity index (χ3n) is 3.74. The van der Waals surface area contributed by atoms with Gasteiger partial charge in [0.15, 0.2) is 0 Å². The molecule has 1 aliphatic heterocycles. The predicted molar refractivity (Wildman–Crippen MR) is 71.4 cm³/mol. The van der Waals surface area contributed by atoms with E-state index in [1.807, 2.05) is 0 Å². The van der Waals surface area contributed by atoms with Crippen molar-refractivity contribution in [2.24, 2.45) is 5.92 Å². The van der Waals surface area contributed by atoms with Crippen molar-refractivity contribution in [1.29, 1.82) is 0 Å². The molecule has 6 heteroatoms. The van der Waals surface area contributed by atoms with Gasteiger partial charge in [-0.25, -0.2) is 8.78 Å². The summed E-state index contributed by atoms with van der Waals surface area (Å²) >= 11 is 0. The molecule has 0 aromatic heterocycles. The molecule has 1 amide bonds. The monoisotopic (exact) mass is 297 g/mol. The number of methoxy groups -OCH3 is 1. The predicted octanol–water partition coefficient (Wildman–Crippen LogP) is 1.92.